The Morgan fingerprint density at radius 3 is 2.40 bits per heavy atom. The topological polar surface area (TPSA) is 36.2 Å². The third kappa shape index (κ3) is 2.94. The molecule has 0 atom stereocenters. The van der Waals surface area contributed by atoms with Crippen LogP contribution in [-0.4, -0.2) is 6.01 Å². The number of terminal acetylenes is 1. The molecule has 0 aliphatic rings. The number of aliphatic imine (C=N–C) groups is 1. The Balaban J connectivity index is 3.46. The van der Waals surface area contributed by atoms with E-state index in [-0.39, 0.29) is 0 Å². The Kier molecular flexibility index (Phi) is 2.32. The monoisotopic (exact) mass is 66.0 g/mol. The summed E-state index contributed by atoms with van der Waals surface area (Å²) in [6.07, 6.45) is 4.54. The summed E-state index contributed by atoms with van der Waals surface area (Å²) in [7, 11) is 0. The lowest BCUT2D eigenvalue weighted by Gasteiger charge is -1.42. The van der Waals surface area contributed by atoms with Gasteiger partial charge in [0.1, 0.15) is 6.01 Å². The first kappa shape index (κ1) is 3.94. The van der Waals surface area contributed by atoms with E-state index in [1.54, 1.807) is 6.01 Å². The molecule has 24 valence electrons. The van der Waals surface area contributed by atoms with Gasteiger partial charge in [0.15, 0.2) is 0 Å². The maximum absolute atomic E-state index is 6.04. The number of hydrogen-bond donors (Lipinski definition) is 1. The van der Waals surface area contributed by atoms with Gasteiger partial charge in [-0.25, -0.2) is 5.41 Å². The normalized spacial score (nSPS) is 3.80. The Hall–Kier alpha value is -1.06. The van der Waals surface area contributed by atoms with E-state index in [0.717, 1.165) is 0 Å². The molecule has 0 aromatic heterocycles. The van der Waals surface area contributed by atoms with E-state index < -0.39 is 0 Å². The van der Waals surface area contributed by atoms with Gasteiger partial charge in [-0.15, -0.1) is 4.99 Å². The van der Waals surface area contributed by atoms with Gasteiger partial charge in [-0.1, -0.05) is 6.42 Å². The van der Waals surface area contributed by atoms with Crippen LogP contribution in [0.5, 0.6) is 0 Å². The van der Waals surface area contributed by atoms with E-state index in [4.69, 9.17) is 5.41 Å². The molecule has 0 spiro atoms. The van der Waals surface area contributed by atoms with Crippen LogP contribution in [0.25, 0.3) is 0 Å². The molecule has 0 radical (unpaired) electrons. The van der Waals surface area contributed by atoms with Crippen LogP contribution in [0.3, 0.4) is 0 Å². The summed E-state index contributed by atoms with van der Waals surface area (Å²) in [4.78, 5) is 2.92. The summed E-state index contributed by atoms with van der Waals surface area (Å²) >= 11 is 0. The Bertz CT molecular complexity index is 92.0. The summed E-state index contributed by atoms with van der Waals surface area (Å²) in [6, 6.07) is 3.50. The van der Waals surface area contributed by atoms with Crippen molar-refractivity contribution >= 4 is 6.01 Å². The number of nitrogens with zero attached hydrogens (tertiary/aromatic N) is 1. The average Bonchev–Trinajstić information content (AvgIpc) is 1.41. The average molecular weight is 66.1 g/mol. The van der Waals surface area contributed by atoms with Gasteiger partial charge in [0.2, 0.25) is 0 Å². The predicted molar refractivity (Wildman–Crippen MR) is 19.0 cm³/mol. The molecular weight excluding hydrogens is 64.0 g/mol. The zero-order valence-corrected chi connectivity index (χ0v) is 2.52. The standard InChI is InChI=1S/C3H2N2/c1-2-5-3-4/h1,4H. The third-order valence-electron chi connectivity index (χ3n) is 0.120. The van der Waals surface area contributed by atoms with Crippen LogP contribution in [0.4, 0.5) is 0 Å². The highest BCUT2D eigenvalue weighted by Gasteiger charge is 1.34. The molecule has 0 aromatic carbocycles. The van der Waals surface area contributed by atoms with Crippen LogP contribution >= 0.6 is 0 Å². The Labute approximate surface area is 30.0 Å². The number of nitrogens with one attached hydrogen (secondary N) is 1. The number of hydrogen-bond acceptors (Lipinski definition) is 2. The second kappa shape index (κ2) is 2.94. The van der Waals surface area contributed by atoms with Gasteiger partial charge in [0.25, 0.3) is 0 Å². The molecule has 0 unspecified atom stereocenters. The van der Waals surface area contributed by atoms with E-state index in [0.29, 0.717) is 0 Å². The van der Waals surface area contributed by atoms with Crippen molar-refractivity contribution in [2.75, 3.05) is 0 Å². The van der Waals surface area contributed by atoms with Crippen LogP contribution in [-0.2, 0) is 0 Å². The van der Waals surface area contributed by atoms with Crippen molar-refractivity contribution in [3.63, 3.8) is 0 Å². The molecular formula is C3H2N2. The van der Waals surface area contributed by atoms with E-state index in [1.165, 1.54) is 0 Å². The number of rotatable bonds is 0. The van der Waals surface area contributed by atoms with Crippen molar-refractivity contribution in [1.82, 2.24) is 0 Å². The van der Waals surface area contributed by atoms with Gasteiger partial charge in [-0.2, -0.15) is 0 Å². The van der Waals surface area contributed by atoms with Gasteiger partial charge in [-0.3, -0.25) is 0 Å². The molecule has 0 heterocycles. The summed E-state index contributed by atoms with van der Waals surface area (Å²) < 4.78 is 0. The first-order valence-electron chi connectivity index (χ1n) is 0.986. The van der Waals surface area contributed by atoms with Gasteiger partial charge >= 0.3 is 0 Å². The quantitative estimate of drug-likeness (QED) is 0.312. The SMILES string of the molecule is C#CN=C=N. The Morgan fingerprint density at radius 2 is 2.40 bits per heavy atom. The molecule has 2 heteroatoms. The van der Waals surface area contributed by atoms with Crippen LogP contribution in [0.15, 0.2) is 4.99 Å². The second-order valence-electron chi connectivity index (χ2n) is 0.353. The van der Waals surface area contributed by atoms with E-state index in [1.807, 2.05) is 6.04 Å². The van der Waals surface area contributed by atoms with Crippen molar-refractivity contribution in [2.45, 2.75) is 0 Å². The lowest BCUT2D eigenvalue weighted by atomic mass is 11.2. The molecule has 0 amide bonds. The molecule has 0 aliphatic heterocycles. The van der Waals surface area contributed by atoms with Gasteiger partial charge < -0.3 is 0 Å². The van der Waals surface area contributed by atoms with Crippen molar-refractivity contribution in [3.8, 4) is 12.5 Å². The van der Waals surface area contributed by atoms with Gasteiger partial charge in [0.05, 0.1) is 0 Å². The van der Waals surface area contributed by atoms with Crippen LogP contribution < -0.4 is 0 Å². The molecule has 1 N–H and O–H groups in total. The Morgan fingerprint density at radius 1 is 1.80 bits per heavy atom. The smallest absolute Gasteiger partial charge is 0.101 e. The maximum atomic E-state index is 6.04. The van der Waals surface area contributed by atoms with Crippen LogP contribution in [0.1, 0.15) is 0 Å². The minimum absolute atomic E-state index is 1.66. The van der Waals surface area contributed by atoms with Crippen molar-refractivity contribution in [1.29, 1.82) is 5.41 Å². The summed E-state index contributed by atoms with van der Waals surface area (Å²) in [5, 5.41) is 6.04. The van der Waals surface area contributed by atoms with Crippen LogP contribution in [0.2, 0.25) is 0 Å². The molecule has 0 bridgehead atoms. The minimum atomic E-state index is 1.66. The molecule has 0 saturated heterocycles. The van der Waals surface area contributed by atoms with E-state index in [2.05, 4.69) is 11.4 Å². The largest absolute Gasteiger partial charge is 0.241 e. The fraction of sp³-hybridized carbons (Fsp3) is 0. The summed E-state index contributed by atoms with van der Waals surface area (Å²) in [5.74, 6) is 0. The lowest BCUT2D eigenvalue weighted by Crippen LogP contribution is -1.37. The first-order valence-corrected chi connectivity index (χ1v) is 0.986. The summed E-state index contributed by atoms with van der Waals surface area (Å²) in [5.41, 5.74) is 0. The maximum Gasteiger partial charge on any atom is 0.101 e. The van der Waals surface area contributed by atoms with Gasteiger partial charge in [0, 0.05) is 6.04 Å². The fourth-order valence-corrected chi connectivity index (χ4v) is 0.0323. The molecule has 0 saturated carbocycles. The zero-order chi connectivity index (χ0) is 4.12. The molecule has 5 heavy (non-hydrogen) atoms. The molecule has 0 fully saturated rings. The van der Waals surface area contributed by atoms with Crippen molar-refractivity contribution in [3.05, 3.63) is 0 Å². The highest BCUT2D eigenvalue weighted by Crippen LogP contribution is 1.42. The zero-order valence-electron chi connectivity index (χ0n) is 2.52. The predicted octanol–water partition coefficient (Wildman–Crippen LogP) is 0.330. The molecule has 0 rings (SSSR count). The first-order chi connectivity index (χ1) is 2.41. The van der Waals surface area contributed by atoms with E-state index >= 15 is 0 Å². The highest BCUT2D eigenvalue weighted by molar-refractivity contribution is 5.38. The highest BCUT2D eigenvalue weighted by atomic mass is 14.7. The molecule has 2 nitrogen and oxygen atoms in total. The summed E-state index contributed by atoms with van der Waals surface area (Å²) in [6.45, 7) is 0. The minimum Gasteiger partial charge on any atom is -0.241 e. The lowest BCUT2D eigenvalue weighted by molar-refractivity contribution is 1.54. The second-order valence-corrected chi connectivity index (χ2v) is 0.353. The van der Waals surface area contributed by atoms with Crippen molar-refractivity contribution in [2.24, 2.45) is 4.99 Å². The molecule has 0 aromatic rings. The van der Waals surface area contributed by atoms with Crippen molar-refractivity contribution < 1.29 is 0 Å². The third-order valence-corrected chi connectivity index (χ3v) is 0.120. The molecule has 0 aliphatic carbocycles. The van der Waals surface area contributed by atoms with Crippen LogP contribution in [0, 0.1) is 17.9 Å². The van der Waals surface area contributed by atoms with E-state index in [9.17, 15) is 0 Å². The van der Waals surface area contributed by atoms with Gasteiger partial charge in [-0.05, 0) is 0 Å². The fourth-order valence-electron chi connectivity index (χ4n) is 0.0323.